The summed E-state index contributed by atoms with van der Waals surface area (Å²) in [4.78, 5) is 10.5. The molecule has 1 aliphatic heterocycles. The van der Waals surface area contributed by atoms with Crippen LogP contribution in [0.4, 0.5) is 0 Å². The Kier molecular flexibility index (Phi) is 2.93. The second kappa shape index (κ2) is 3.96. The smallest absolute Gasteiger partial charge is 0.352 e. The van der Waals surface area contributed by atoms with Crippen LogP contribution in [0.2, 0.25) is 0 Å². The Hall–Kier alpha value is -1.23. The molecule has 5 nitrogen and oxygen atoms in total. The van der Waals surface area contributed by atoms with Crippen LogP contribution in [0.15, 0.2) is 10.2 Å². The molecular weight excluding hydrogens is 160 g/mol. The predicted octanol–water partition coefficient (Wildman–Crippen LogP) is 0.308. The SMILES string of the molecule is C/C1=N/N=C(\C(=O)O)CCOC1. The summed E-state index contributed by atoms with van der Waals surface area (Å²) in [6, 6.07) is 0. The molecule has 0 radical (unpaired) electrons. The minimum atomic E-state index is -1.03. The van der Waals surface area contributed by atoms with E-state index in [0.29, 0.717) is 25.3 Å². The standard InChI is InChI=1S/C7H10N2O3/c1-5-4-12-3-2-6(7(10)11)9-8-5/h2-4H2,1H3,(H,10,11)/b8-5-,9-6-. The van der Waals surface area contributed by atoms with E-state index in [4.69, 9.17) is 9.84 Å². The first-order valence-electron chi connectivity index (χ1n) is 3.61. The molecule has 0 unspecified atom stereocenters. The maximum Gasteiger partial charge on any atom is 0.352 e. The third-order valence-electron chi connectivity index (χ3n) is 1.38. The first kappa shape index (κ1) is 8.86. The van der Waals surface area contributed by atoms with E-state index in [1.807, 2.05) is 0 Å². The van der Waals surface area contributed by atoms with Gasteiger partial charge in [0.15, 0.2) is 0 Å². The third-order valence-corrected chi connectivity index (χ3v) is 1.38. The van der Waals surface area contributed by atoms with E-state index in [1.165, 1.54) is 0 Å². The Labute approximate surface area is 69.8 Å². The summed E-state index contributed by atoms with van der Waals surface area (Å²) in [6.45, 7) is 2.56. The maximum atomic E-state index is 10.5. The van der Waals surface area contributed by atoms with Crippen molar-refractivity contribution in [3.63, 3.8) is 0 Å². The van der Waals surface area contributed by atoms with Crippen LogP contribution in [0.5, 0.6) is 0 Å². The summed E-state index contributed by atoms with van der Waals surface area (Å²) < 4.78 is 5.09. The van der Waals surface area contributed by atoms with Crippen LogP contribution in [0.3, 0.4) is 0 Å². The molecule has 0 bridgehead atoms. The van der Waals surface area contributed by atoms with E-state index in [-0.39, 0.29) is 5.71 Å². The van der Waals surface area contributed by atoms with E-state index in [2.05, 4.69) is 10.2 Å². The van der Waals surface area contributed by atoms with Gasteiger partial charge in [0.25, 0.3) is 0 Å². The third kappa shape index (κ3) is 2.43. The Morgan fingerprint density at radius 3 is 3.00 bits per heavy atom. The van der Waals surface area contributed by atoms with Crippen molar-refractivity contribution in [2.24, 2.45) is 10.2 Å². The zero-order valence-corrected chi connectivity index (χ0v) is 6.78. The molecule has 0 aromatic rings. The van der Waals surface area contributed by atoms with Gasteiger partial charge >= 0.3 is 5.97 Å². The van der Waals surface area contributed by atoms with Crippen LogP contribution in [-0.4, -0.2) is 35.7 Å². The van der Waals surface area contributed by atoms with Gasteiger partial charge in [0.1, 0.15) is 5.71 Å². The molecule has 0 aromatic heterocycles. The van der Waals surface area contributed by atoms with Crippen LogP contribution in [0, 0.1) is 0 Å². The van der Waals surface area contributed by atoms with Crippen molar-refractivity contribution in [1.82, 2.24) is 0 Å². The Morgan fingerprint density at radius 2 is 2.33 bits per heavy atom. The van der Waals surface area contributed by atoms with Gasteiger partial charge in [-0.3, -0.25) is 0 Å². The van der Waals surface area contributed by atoms with Gasteiger partial charge in [-0.1, -0.05) is 0 Å². The average molecular weight is 170 g/mol. The molecule has 5 heteroatoms. The summed E-state index contributed by atoms with van der Waals surface area (Å²) in [7, 11) is 0. The summed E-state index contributed by atoms with van der Waals surface area (Å²) in [6.07, 6.45) is 0.312. The van der Waals surface area contributed by atoms with Crippen LogP contribution < -0.4 is 0 Å². The topological polar surface area (TPSA) is 71.2 Å². The molecule has 12 heavy (non-hydrogen) atoms. The minimum Gasteiger partial charge on any atom is -0.477 e. The lowest BCUT2D eigenvalue weighted by atomic mass is 10.3. The number of nitrogens with zero attached hydrogens (tertiary/aromatic N) is 2. The normalized spacial score (nSPS) is 27.4. The molecule has 0 aromatic carbocycles. The molecule has 0 amide bonds. The van der Waals surface area contributed by atoms with E-state index in [1.54, 1.807) is 6.92 Å². The summed E-state index contributed by atoms with van der Waals surface area (Å²) in [5, 5.41) is 15.9. The van der Waals surface area contributed by atoms with Crippen LogP contribution in [0.25, 0.3) is 0 Å². The fourth-order valence-corrected chi connectivity index (χ4v) is 0.763. The molecule has 1 aliphatic rings. The van der Waals surface area contributed by atoms with Crippen LogP contribution in [0.1, 0.15) is 13.3 Å². The Balaban J connectivity index is 2.77. The highest BCUT2D eigenvalue weighted by Crippen LogP contribution is 1.96. The minimum absolute atomic E-state index is 0.0500. The van der Waals surface area contributed by atoms with Crippen molar-refractivity contribution in [2.45, 2.75) is 13.3 Å². The number of ether oxygens (including phenoxy) is 1. The summed E-state index contributed by atoms with van der Waals surface area (Å²) >= 11 is 0. The number of hydrogen-bond acceptors (Lipinski definition) is 4. The van der Waals surface area contributed by atoms with Gasteiger partial charge in [-0.25, -0.2) is 4.79 Å². The quantitative estimate of drug-likeness (QED) is 0.615. The molecule has 1 N–H and O–H groups in total. The summed E-state index contributed by atoms with van der Waals surface area (Å²) in [5.74, 6) is -1.03. The highest BCUT2D eigenvalue weighted by Gasteiger charge is 2.10. The van der Waals surface area contributed by atoms with E-state index < -0.39 is 5.97 Å². The second-order valence-corrected chi connectivity index (χ2v) is 2.49. The first-order chi connectivity index (χ1) is 5.70. The van der Waals surface area contributed by atoms with Crippen molar-refractivity contribution in [3.05, 3.63) is 0 Å². The van der Waals surface area contributed by atoms with Crippen molar-refractivity contribution >= 4 is 17.4 Å². The lowest BCUT2D eigenvalue weighted by Crippen LogP contribution is -2.18. The molecule has 0 fully saturated rings. The molecule has 0 saturated carbocycles. The zero-order chi connectivity index (χ0) is 8.97. The predicted molar refractivity (Wildman–Crippen MR) is 43.6 cm³/mol. The van der Waals surface area contributed by atoms with Crippen molar-refractivity contribution in [2.75, 3.05) is 13.2 Å². The fraction of sp³-hybridized carbons (Fsp3) is 0.571. The monoisotopic (exact) mass is 170 g/mol. The van der Waals surface area contributed by atoms with E-state index in [0.717, 1.165) is 0 Å². The number of carboxylic acid groups (broad SMARTS) is 1. The lowest BCUT2D eigenvalue weighted by Gasteiger charge is -2.05. The van der Waals surface area contributed by atoms with Crippen LogP contribution >= 0.6 is 0 Å². The highest BCUT2D eigenvalue weighted by molar-refractivity contribution is 6.35. The molecule has 1 rings (SSSR count). The molecule has 66 valence electrons. The first-order valence-corrected chi connectivity index (χ1v) is 3.61. The fourth-order valence-electron chi connectivity index (χ4n) is 0.763. The largest absolute Gasteiger partial charge is 0.477 e. The number of carboxylic acids is 1. The maximum absolute atomic E-state index is 10.5. The Bertz CT molecular complexity index is 245. The van der Waals surface area contributed by atoms with E-state index >= 15 is 0 Å². The highest BCUT2D eigenvalue weighted by atomic mass is 16.5. The summed E-state index contributed by atoms with van der Waals surface area (Å²) in [5.41, 5.74) is 0.738. The average Bonchev–Trinajstić information content (AvgIpc) is 1.97. The van der Waals surface area contributed by atoms with Gasteiger partial charge < -0.3 is 9.84 Å². The lowest BCUT2D eigenvalue weighted by molar-refractivity contribution is -0.129. The molecule has 0 atom stereocenters. The molecule has 0 spiro atoms. The molecule has 1 heterocycles. The van der Waals surface area contributed by atoms with Gasteiger partial charge in [-0.05, 0) is 6.92 Å². The van der Waals surface area contributed by atoms with Crippen molar-refractivity contribution in [3.8, 4) is 0 Å². The number of hydrogen-bond donors (Lipinski definition) is 1. The number of rotatable bonds is 1. The van der Waals surface area contributed by atoms with Gasteiger partial charge in [0, 0.05) is 6.42 Å². The second-order valence-electron chi connectivity index (χ2n) is 2.49. The number of carbonyl (C=O) groups is 1. The Morgan fingerprint density at radius 1 is 1.58 bits per heavy atom. The van der Waals surface area contributed by atoms with Gasteiger partial charge in [0.2, 0.25) is 0 Å². The molecule has 0 aliphatic carbocycles. The molecular formula is C7H10N2O3. The van der Waals surface area contributed by atoms with Crippen molar-refractivity contribution in [1.29, 1.82) is 0 Å². The number of aliphatic carboxylic acids is 1. The van der Waals surface area contributed by atoms with E-state index in [9.17, 15) is 4.79 Å². The van der Waals surface area contributed by atoms with Gasteiger partial charge in [-0.15, -0.1) is 5.10 Å². The van der Waals surface area contributed by atoms with Gasteiger partial charge in [-0.2, -0.15) is 5.10 Å². The van der Waals surface area contributed by atoms with Crippen LogP contribution in [-0.2, 0) is 9.53 Å². The zero-order valence-electron chi connectivity index (χ0n) is 6.78. The van der Waals surface area contributed by atoms with Crippen molar-refractivity contribution < 1.29 is 14.6 Å². The van der Waals surface area contributed by atoms with Gasteiger partial charge in [0.05, 0.1) is 18.9 Å². The molecule has 0 saturated heterocycles.